The van der Waals surface area contributed by atoms with Gasteiger partial charge in [0.25, 0.3) is 5.56 Å². The molecule has 1 fully saturated rings. The van der Waals surface area contributed by atoms with Crippen molar-refractivity contribution in [3.63, 3.8) is 0 Å². The van der Waals surface area contributed by atoms with Gasteiger partial charge >= 0.3 is 0 Å². The first-order chi connectivity index (χ1) is 13.1. The van der Waals surface area contributed by atoms with Gasteiger partial charge in [0.05, 0.1) is 5.69 Å². The van der Waals surface area contributed by atoms with E-state index >= 15 is 0 Å². The molecule has 27 heavy (non-hydrogen) atoms. The lowest BCUT2D eigenvalue weighted by molar-refractivity contribution is -0.133. The summed E-state index contributed by atoms with van der Waals surface area (Å²) in [6.45, 7) is 2.99. The van der Waals surface area contributed by atoms with Crippen molar-refractivity contribution in [2.75, 3.05) is 26.2 Å². The molecule has 1 aliphatic heterocycles. The monoisotopic (exact) mass is 372 g/mol. The number of H-pyrrole nitrogens is 1. The standard InChI is InChI=1S/C18H24N6O3/c25-16-5-3-15(20-21-16)4-6-17(26)22-9-2-10-23(14-13-22)18(27)7-12-24-11-1-8-19-24/h1,3,5,8,11H,2,4,6-7,9-10,12-14H2,(H,21,25). The van der Waals surface area contributed by atoms with E-state index in [-0.39, 0.29) is 17.4 Å². The summed E-state index contributed by atoms with van der Waals surface area (Å²) in [4.78, 5) is 39.5. The highest BCUT2D eigenvalue weighted by Crippen LogP contribution is 2.08. The van der Waals surface area contributed by atoms with Gasteiger partial charge in [-0.1, -0.05) is 0 Å². The number of hydrogen-bond acceptors (Lipinski definition) is 5. The molecule has 2 aromatic rings. The maximum atomic E-state index is 12.5. The molecular formula is C18H24N6O3. The molecule has 1 aliphatic rings. The first-order valence-electron chi connectivity index (χ1n) is 9.19. The van der Waals surface area contributed by atoms with Crippen LogP contribution in [0.25, 0.3) is 0 Å². The number of rotatable bonds is 6. The van der Waals surface area contributed by atoms with Gasteiger partial charge in [0.15, 0.2) is 0 Å². The fourth-order valence-electron chi connectivity index (χ4n) is 3.12. The zero-order chi connectivity index (χ0) is 19.1. The Morgan fingerprint density at radius 2 is 1.78 bits per heavy atom. The molecule has 0 radical (unpaired) electrons. The van der Waals surface area contributed by atoms with E-state index in [4.69, 9.17) is 0 Å². The van der Waals surface area contributed by atoms with E-state index in [9.17, 15) is 14.4 Å². The summed E-state index contributed by atoms with van der Waals surface area (Å²) in [5.74, 6) is 0.145. The molecule has 0 aliphatic carbocycles. The number of hydrogen-bond donors (Lipinski definition) is 1. The Bertz CT molecular complexity index is 796. The Kier molecular flexibility index (Phi) is 6.35. The molecule has 3 rings (SSSR count). The molecule has 9 nitrogen and oxygen atoms in total. The molecule has 0 spiro atoms. The van der Waals surface area contributed by atoms with Crippen LogP contribution in [0.1, 0.15) is 25.0 Å². The number of aryl methyl sites for hydroxylation is 2. The van der Waals surface area contributed by atoms with Crippen LogP contribution in [0.5, 0.6) is 0 Å². The topological polar surface area (TPSA) is 104 Å². The van der Waals surface area contributed by atoms with Crippen molar-refractivity contribution in [2.45, 2.75) is 32.2 Å². The number of nitrogens with zero attached hydrogens (tertiary/aromatic N) is 5. The molecule has 144 valence electrons. The highest BCUT2D eigenvalue weighted by Gasteiger charge is 2.21. The number of aromatic nitrogens is 4. The van der Waals surface area contributed by atoms with Crippen LogP contribution >= 0.6 is 0 Å². The summed E-state index contributed by atoms with van der Waals surface area (Å²) in [6.07, 6.45) is 5.55. The van der Waals surface area contributed by atoms with E-state index in [2.05, 4.69) is 15.3 Å². The molecule has 3 heterocycles. The Labute approximate surface area is 157 Å². The van der Waals surface area contributed by atoms with Gasteiger partial charge in [0.2, 0.25) is 11.8 Å². The third-order valence-corrected chi connectivity index (χ3v) is 4.65. The van der Waals surface area contributed by atoms with Gasteiger partial charge in [-0.15, -0.1) is 0 Å². The molecule has 0 atom stereocenters. The van der Waals surface area contributed by atoms with Crippen molar-refractivity contribution >= 4 is 11.8 Å². The summed E-state index contributed by atoms with van der Waals surface area (Å²) >= 11 is 0. The van der Waals surface area contributed by atoms with Gasteiger partial charge in [-0.3, -0.25) is 19.1 Å². The second-order valence-electron chi connectivity index (χ2n) is 6.55. The summed E-state index contributed by atoms with van der Waals surface area (Å²) in [6, 6.07) is 4.88. The molecule has 1 saturated heterocycles. The first kappa shape index (κ1) is 18.8. The molecule has 2 aromatic heterocycles. The molecule has 1 N–H and O–H groups in total. The van der Waals surface area contributed by atoms with Crippen molar-refractivity contribution < 1.29 is 9.59 Å². The van der Waals surface area contributed by atoms with Gasteiger partial charge in [0, 0.05) is 70.4 Å². The molecule has 9 heteroatoms. The highest BCUT2D eigenvalue weighted by molar-refractivity contribution is 5.77. The number of carbonyl (C=O) groups excluding carboxylic acids is 2. The quantitative estimate of drug-likeness (QED) is 0.772. The smallest absolute Gasteiger partial charge is 0.264 e. The van der Waals surface area contributed by atoms with Crippen LogP contribution in [0.15, 0.2) is 35.4 Å². The van der Waals surface area contributed by atoms with Crippen LogP contribution in [0.2, 0.25) is 0 Å². The van der Waals surface area contributed by atoms with Crippen LogP contribution in [0.3, 0.4) is 0 Å². The number of amides is 2. The Hall–Kier alpha value is -2.97. The molecule has 0 aromatic carbocycles. The Morgan fingerprint density at radius 1 is 1.04 bits per heavy atom. The lowest BCUT2D eigenvalue weighted by Crippen LogP contribution is -2.37. The first-order valence-corrected chi connectivity index (χ1v) is 9.19. The predicted molar refractivity (Wildman–Crippen MR) is 97.8 cm³/mol. The van der Waals surface area contributed by atoms with E-state index in [0.717, 1.165) is 6.42 Å². The second-order valence-corrected chi connectivity index (χ2v) is 6.55. The fourth-order valence-corrected chi connectivity index (χ4v) is 3.12. The third kappa shape index (κ3) is 5.50. The summed E-state index contributed by atoms with van der Waals surface area (Å²) in [7, 11) is 0. The minimum absolute atomic E-state index is 0.0499. The van der Waals surface area contributed by atoms with Crippen molar-refractivity contribution in [1.29, 1.82) is 0 Å². The number of nitrogens with one attached hydrogen (secondary N) is 1. The van der Waals surface area contributed by atoms with Crippen molar-refractivity contribution in [1.82, 2.24) is 29.8 Å². The maximum Gasteiger partial charge on any atom is 0.264 e. The van der Waals surface area contributed by atoms with E-state index in [0.29, 0.717) is 57.7 Å². The Morgan fingerprint density at radius 3 is 2.41 bits per heavy atom. The molecule has 2 amide bonds. The maximum absolute atomic E-state index is 12.5. The number of aromatic amines is 1. The van der Waals surface area contributed by atoms with E-state index in [1.54, 1.807) is 16.9 Å². The summed E-state index contributed by atoms with van der Waals surface area (Å²) in [5.41, 5.74) is 0.433. The minimum atomic E-state index is -0.255. The fraction of sp³-hybridized carbons (Fsp3) is 0.500. The van der Waals surface area contributed by atoms with E-state index in [1.807, 2.05) is 22.1 Å². The zero-order valence-electron chi connectivity index (χ0n) is 15.2. The number of carbonyl (C=O) groups is 2. The van der Waals surface area contributed by atoms with E-state index in [1.165, 1.54) is 6.07 Å². The minimum Gasteiger partial charge on any atom is -0.341 e. The second kappa shape index (κ2) is 9.11. The van der Waals surface area contributed by atoms with E-state index < -0.39 is 0 Å². The van der Waals surface area contributed by atoms with Gasteiger partial charge in [0.1, 0.15) is 0 Å². The zero-order valence-corrected chi connectivity index (χ0v) is 15.2. The van der Waals surface area contributed by atoms with Crippen LogP contribution in [-0.2, 0) is 22.6 Å². The van der Waals surface area contributed by atoms with Gasteiger partial charge in [-0.05, 0) is 18.6 Å². The average Bonchev–Trinajstić information content (AvgIpc) is 3.07. The Balaban J connectivity index is 1.44. The summed E-state index contributed by atoms with van der Waals surface area (Å²) in [5, 5.41) is 10.4. The van der Waals surface area contributed by atoms with Crippen LogP contribution < -0.4 is 5.56 Å². The van der Waals surface area contributed by atoms with Crippen LogP contribution in [-0.4, -0.2) is 67.8 Å². The van der Waals surface area contributed by atoms with Crippen molar-refractivity contribution in [3.05, 3.63) is 46.6 Å². The summed E-state index contributed by atoms with van der Waals surface area (Å²) < 4.78 is 1.75. The lowest BCUT2D eigenvalue weighted by Gasteiger charge is -2.22. The lowest BCUT2D eigenvalue weighted by atomic mass is 10.2. The van der Waals surface area contributed by atoms with Gasteiger partial charge in [-0.2, -0.15) is 10.2 Å². The third-order valence-electron chi connectivity index (χ3n) is 4.65. The van der Waals surface area contributed by atoms with Crippen molar-refractivity contribution in [3.8, 4) is 0 Å². The van der Waals surface area contributed by atoms with Crippen LogP contribution in [0, 0.1) is 0 Å². The average molecular weight is 372 g/mol. The molecule has 0 unspecified atom stereocenters. The normalized spacial score (nSPS) is 14.8. The van der Waals surface area contributed by atoms with Gasteiger partial charge < -0.3 is 9.80 Å². The SMILES string of the molecule is O=C(CCc1ccc(=O)[nH]n1)N1CCCN(C(=O)CCn2cccn2)CC1. The molecule has 0 saturated carbocycles. The van der Waals surface area contributed by atoms with Gasteiger partial charge in [-0.25, -0.2) is 5.10 Å². The van der Waals surface area contributed by atoms with Crippen LogP contribution in [0.4, 0.5) is 0 Å². The molecule has 0 bridgehead atoms. The largest absolute Gasteiger partial charge is 0.341 e. The predicted octanol–water partition coefficient (Wildman–Crippen LogP) is 0.0502. The molecular weight excluding hydrogens is 348 g/mol. The highest BCUT2D eigenvalue weighted by atomic mass is 16.2. The van der Waals surface area contributed by atoms with Crippen molar-refractivity contribution in [2.24, 2.45) is 0 Å².